The van der Waals surface area contributed by atoms with E-state index >= 15 is 4.39 Å². The van der Waals surface area contributed by atoms with Gasteiger partial charge < -0.3 is 15.0 Å². The summed E-state index contributed by atoms with van der Waals surface area (Å²) in [4.78, 5) is 2.17. The third-order valence-corrected chi connectivity index (χ3v) is 6.18. The van der Waals surface area contributed by atoms with Crippen molar-refractivity contribution in [3.63, 3.8) is 0 Å². The Labute approximate surface area is 202 Å². The maximum atomic E-state index is 15.3. The molecule has 0 atom stereocenters. The fourth-order valence-electron chi connectivity index (χ4n) is 3.91. The van der Waals surface area contributed by atoms with Gasteiger partial charge in [-0.1, -0.05) is 34.1 Å². The highest BCUT2D eigenvalue weighted by Gasteiger charge is 2.17. The van der Waals surface area contributed by atoms with Gasteiger partial charge in [0.2, 0.25) is 0 Å². The second-order valence-electron chi connectivity index (χ2n) is 8.17. The van der Waals surface area contributed by atoms with Gasteiger partial charge in [-0.3, -0.25) is 4.68 Å². The van der Waals surface area contributed by atoms with Crippen molar-refractivity contribution in [1.82, 2.24) is 20.0 Å². The largest absolute Gasteiger partial charge is 0.497 e. The van der Waals surface area contributed by atoms with Gasteiger partial charge in [0.05, 0.1) is 19.2 Å². The average Bonchev–Trinajstić information content (AvgIpc) is 3.15. The average molecular weight is 511 g/mol. The first kappa shape index (κ1) is 23.4. The van der Waals surface area contributed by atoms with E-state index in [2.05, 4.69) is 26.1 Å². The van der Waals surface area contributed by atoms with Crippen molar-refractivity contribution in [2.75, 3.05) is 34.3 Å². The lowest BCUT2D eigenvalue weighted by Crippen LogP contribution is -2.26. The van der Waals surface area contributed by atoms with E-state index in [1.165, 1.54) is 0 Å². The molecule has 0 unspecified atom stereocenters. The summed E-state index contributed by atoms with van der Waals surface area (Å²) in [5, 5.41) is 8.89. The second kappa shape index (κ2) is 10.5. The van der Waals surface area contributed by atoms with Crippen molar-refractivity contribution >= 4 is 26.8 Å². The van der Waals surface area contributed by atoms with Crippen LogP contribution in [0, 0.1) is 5.82 Å². The summed E-state index contributed by atoms with van der Waals surface area (Å²) >= 11 is 3.56. The quantitative estimate of drug-likeness (QED) is 0.331. The Morgan fingerprint density at radius 3 is 2.52 bits per heavy atom. The Morgan fingerprint density at radius 2 is 1.82 bits per heavy atom. The van der Waals surface area contributed by atoms with Crippen LogP contribution < -0.4 is 10.1 Å². The molecule has 0 bridgehead atoms. The van der Waals surface area contributed by atoms with Gasteiger partial charge >= 0.3 is 0 Å². The Balaban J connectivity index is 1.67. The van der Waals surface area contributed by atoms with Crippen LogP contribution in [0.2, 0.25) is 0 Å². The molecule has 172 valence electrons. The molecule has 1 aromatic heterocycles. The number of nitrogens with one attached hydrogen (secondary N) is 1. The van der Waals surface area contributed by atoms with Crippen LogP contribution in [-0.4, -0.2) is 49.0 Å². The molecule has 4 rings (SSSR count). The SMILES string of the molecule is CNCCN(C)Cc1ccc(-c2nn(Cc3ccc(OC)cc3)c3cc(Br)ccc23)c(F)c1. The molecule has 7 heteroatoms. The molecule has 0 aliphatic heterocycles. The normalized spacial score (nSPS) is 11.5. The predicted octanol–water partition coefficient (Wildman–Crippen LogP) is 5.31. The minimum atomic E-state index is -0.256. The van der Waals surface area contributed by atoms with Crippen LogP contribution in [-0.2, 0) is 13.1 Å². The number of hydrogen-bond acceptors (Lipinski definition) is 4. The lowest BCUT2D eigenvalue weighted by molar-refractivity contribution is 0.327. The van der Waals surface area contributed by atoms with Crippen LogP contribution in [0.1, 0.15) is 11.1 Å². The summed E-state index contributed by atoms with van der Waals surface area (Å²) in [6.07, 6.45) is 0. The molecule has 1 N–H and O–H groups in total. The lowest BCUT2D eigenvalue weighted by Gasteiger charge is -2.16. The topological polar surface area (TPSA) is 42.3 Å². The summed E-state index contributed by atoms with van der Waals surface area (Å²) in [6, 6.07) is 19.3. The number of rotatable bonds is 9. The lowest BCUT2D eigenvalue weighted by atomic mass is 10.0. The molecule has 0 radical (unpaired) electrons. The van der Waals surface area contributed by atoms with Gasteiger partial charge in [0.15, 0.2) is 0 Å². The monoisotopic (exact) mass is 510 g/mol. The zero-order chi connectivity index (χ0) is 23.4. The molecule has 0 fully saturated rings. The third-order valence-electron chi connectivity index (χ3n) is 5.69. The number of ether oxygens (including phenoxy) is 1. The third kappa shape index (κ3) is 5.43. The van der Waals surface area contributed by atoms with E-state index in [1.54, 1.807) is 13.2 Å². The van der Waals surface area contributed by atoms with Crippen LogP contribution >= 0.6 is 15.9 Å². The van der Waals surface area contributed by atoms with Gasteiger partial charge in [0.25, 0.3) is 0 Å². The van der Waals surface area contributed by atoms with Crippen LogP contribution in [0.3, 0.4) is 0 Å². The van der Waals surface area contributed by atoms with E-state index in [0.717, 1.165) is 45.3 Å². The molecule has 0 spiro atoms. The number of nitrogens with zero attached hydrogens (tertiary/aromatic N) is 3. The van der Waals surface area contributed by atoms with Crippen molar-refractivity contribution in [3.05, 3.63) is 82.1 Å². The van der Waals surface area contributed by atoms with Crippen LogP contribution in [0.5, 0.6) is 5.75 Å². The Morgan fingerprint density at radius 1 is 1.06 bits per heavy atom. The van der Waals surface area contributed by atoms with Gasteiger partial charge in [-0.2, -0.15) is 5.10 Å². The zero-order valence-corrected chi connectivity index (χ0v) is 20.7. The Hall–Kier alpha value is -2.74. The standard InChI is InChI=1S/C26H28BrFN4O/c1-29-12-13-31(2)16-19-6-10-22(24(28)14-19)26-23-11-7-20(27)15-25(23)32(30-26)17-18-4-8-21(33-3)9-5-18/h4-11,14-15,29H,12-13,16-17H2,1-3H3. The van der Waals surface area contributed by atoms with Gasteiger partial charge in [0, 0.05) is 35.1 Å². The first-order chi connectivity index (χ1) is 16.0. The first-order valence-corrected chi connectivity index (χ1v) is 11.7. The van der Waals surface area contributed by atoms with E-state index in [4.69, 9.17) is 9.84 Å². The smallest absolute Gasteiger partial charge is 0.133 e. The molecule has 1 heterocycles. The van der Waals surface area contributed by atoms with E-state index < -0.39 is 0 Å². The van der Waals surface area contributed by atoms with Gasteiger partial charge in [0.1, 0.15) is 17.3 Å². The Kier molecular flexibility index (Phi) is 7.42. The van der Waals surface area contributed by atoms with Crippen molar-refractivity contribution in [2.45, 2.75) is 13.1 Å². The van der Waals surface area contributed by atoms with Gasteiger partial charge in [-0.05, 0) is 67.7 Å². The molecule has 0 aliphatic rings. The molecule has 5 nitrogen and oxygen atoms in total. The highest BCUT2D eigenvalue weighted by molar-refractivity contribution is 9.10. The maximum Gasteiger partial charge on any atom is 0.133 e. The van der Waals surface area contributed by atoms with Gasteiger partial charge in [-0.15, -0.1) is 0 Å². The highest BCUT2D eigenvalue weighted by Crippen LogP contribution is 2.32. The number of fused-ring (bicyclic) bond motifs is 1. The summed E-state index contributed by atoms with van der Waals surface area (Å²) in [7, 11) is 5.62. The number of likely N-dealkylation sites (N-methyl/N-ethyl adjacent to an activating group) is 2. The number of aromatic nitrogens is 2. The number of halogens is 2. The molecular formula is C26H28BrFN4O. The van der Waals surface area contributed by atoms with Crippen molar-refractivity contribution < 1.29 is 9.13 Å². The highest BCUT2D eigenvalue weighted by atomic mass is 79.9. The fourth-order valence-corrected chi connectivity index (χ4v) is 4.26. The van der Waals surface area contributed by atoms with E-state index in [0.29, 0.717) is 24.3 Å². The molecule has 0 aliphatic carbocycles. The predicted molar refractivity (Wildman–Crippen MR) is 135 cm³/mol. The number of methoxy groups -OCH3 is 1. The zero-order valence-electron chi connectivity index (χ0n) is 19.1. The molecule has 3 aromatic carbocycles. The minimum Gasteiger partial charge on any atom is -0.497 e. The molecular weight excluding hydrogens is 483 g/mol. The molecule has 0 saturated heterocycles. The first-order valence-electron chi connectivity index (χ1n) is 10.9. The van der Waals surface area contributed by atoms with Crippen molar-refractivity contribution in [2.24, 2.45) is 0 Å². The minimum absolute atomic E-state index is 0.256. The number of benzene rings is 3. The molecule has 33 heavy (non-hydrogen) atoms. The summed E-state index contributed by atoms with van der Waals surface area (Å²) in [5.41, 5.74) is 4.15. The summed E-state index contributed by atoms with van der Waals surface area (Å²) in [5.74, 6) is 0.555. The fraction of sp³-hybridized carbons (Fsp3) is 0.269. The van der Waals surface area contributed by atoms with Crippen LogP contribution in [0.15, 0.2) is 65.1 Å². The maximum absolute atomic E-state index is 15.3. The van der Waals surface area contributed by atoms with Crippen LogP contribution in [0.4, 0.5) is 4.39 Å². The van der Waals surface area contributed by atoms with Crippen LogP contribution in [0.25, 0.3) is 22.2 Å². The number of hydrogen-bond donors (Lipinski definition) is 1. The van der Waals surface area contributed by atoms with E-state index in [9.17, 15) is 0 Å². The van der Waals surface area contributed by atoms with Crippen molar-refractivity contribution in [1.29, 1.82) is 0 Å². The molecule has 0 amide bonds. The Bertz CT molecular complexity index is 1240. The molecule has 4 aromatic rings. The van der Waals surface area contributed by atoms with Crippen molar-refractivity contribution in [3.8, 4) is 17.0 Å². The molecule has 0 saturated carbocycles. The second-order valence-corrected chi connectivity index (χ2v) is 9.09. The van der Waals surface area contributed by atoms with E-state index in [1.807, 2.05) is 73.4 Å². The van der Waals surface area contributed by atoms with E-state index in [-0.39, 0.29) is 5.82 Å². The summed E-state index contributed by atoms with van der Waals surface area (Å²) < 4.78 is 23.4. The van der Waals surface area contributed by atoms with Gasteiger partial charge in [-0.25, -0.2) is 4.39 Å². The summed E-state index contributed by atoms with van der Waals surface area (Å²) in [6.45, 7) is 3.06.